The molecule has 0 aromatic heterocycles. The Hall–Kier alpha value is 0.220. The minimum atomic E-state index is -0.926. The number of rotatable bonds is 16. The summed E-state index contributed by atoms with van der Waals surface area (Å²) in [5.41, 5.74) is 0. The van der Waals surface area contributed by atoms with Crippen molar-refractivity contribution in [1.29, 1.82) is 0 Å². The maximum Gasteiger partial charge on any atom is 0.319 e. The molecule has 0 fully saturated rings. The average Bonchev–Trinajstić information content (AvgIpc) is 2.57. The van der Waals surface area contributed by atoms with Crippen LogP contribution in [-0.2, 0) is 4.79 Å². The van der Waals surface area contributed by atoms with Crippen LogP contribution in [0.3, 0.4) is 0 Å². The molecule has 1 atom stereocenters. The van der Waals surface area contributed by atoms with E-state index in [1.54, 1.807) is 18.7 Å². The third-order valence-corrected chi connectivity index (χ3v) is 7.22. The summed E-state index contributed by atoms with van der Waals surface area (Å²) in [4.78, 5) is 11.5. The van der Waals surface area contributed by atoms with Crippen LogP contribution in [0.4, 0.5) is 0 Å². The maximum atomic E-state index is 11.5. The fourth-order valence-electron chi connectivity index (χ4n) is 2.58. The minimum absolute atomic E-state index is 0.0158. The van der Waals surface area contributed by atoms with E-state index in [-0.39, 0.29) is 6.61 Å². The predicted octanol–water partition coefficient (Wildman–Crippen LogP) is 6.27. The number of carboxylic acids is 1. The zero-order valence-electron chi connectivity index (χ0n) is 15.9. The van der Waals surface area contributed by atoms with Gasteiger partial charge in [0.05, 0.1) is 0 Å². The van der Waals surface area contributed by atoms with Gasteiger partial charge in [0.15, 0.2) is 0 Å². The summed E-state index contributed by atoms with van der Waals surface area (Å²) in [7, 11) is 0. The van der Waals surface area contributed by atoms with Crippen LogP contribution in [-0.4, -0.2) is 36.8 Å². The minimum Gasteiger partial charge on any atom is -0.480 e. The molecule has 25 heavy (non-hydrogen) atoms. The molecule has 0 aliphatic rings. The third-order valence-electron chi connectivity index (χ3n) is 4.29. The summed E-state index contributed by atoms with van der Waals surface area (Å²) in [6.45, 7) is 3.96. The van der Waals surface area contributed by atoms with Crippen LogP contribution in [0.15, 0.2) is 0 Å². The summed E-state index contributed by atoms with van der Waals surface area (Å²) in [5, 5.41) is 18.3. The van der Waals surface area contributed by atoms with Crippen molar-refractivity contribution in [2.24, 2.45) is 0 Å². The lowest BCUT2D eigenvalue weighted by molar-refractivity contribution is -0.139. The Morgan fingerprint density at radius 2 is 1.48 bits per heavy atom. The zero-order valence-corrected chi connectivity index (χ0v) is 18.4. The largest absolute Gasteiger partial charge is 0.480 e. The molecule has 0 bridgehead atoms. The van der Waals surface area contributed by atoms with Crippen molar-refractivity contribution < 1.29 is 15.0 Å². The number of thiocarbonyl (C=S) groups is 1. The molecule has 0 aliphatic carbocycles. The molecule has 2 N–H and O–H groups in total. The number of carboxylic acid groups (broad SMARTS) is 1. The molecule has 6 heteroatoms. The lowest BCUT2D eigenvalue weighted by Gasteiger charge is -2.23. The number of hydrogen-bond donors (Lipinski definition) is 2. The Morgan fingerprint density at radius 1 is 0.960 bits per heavy atom. The lowest BCUT2D eigenvalue weighted by atomic mass is 10.1. The molecule has 0 saturated carbocycles. The quantitative estimate of drug-likeness (QED) is 0.232. The Morgan fingerprint density at radius 3 is 1.96 bits per heavy atom. The molecular weight excluding hydrogens is 372 g/mol. The number of unbranched alkanes of at least 4 members (excludes halogenated alkanes) is 9. The first-order valence-electron chi connectivity index (χ1n) is 9.66. The summed E-state index contributed by atoms with van der Waals surface area (Å²) in [6, 6.07) is 0. The highest BCUT2D eigenvalue weighted by molar-refractivity contribution is 8.47. The van der Waals surface area contributed by atoms with Gasteiger partial charge in [0.1, 0.15) is 8.28 Å². The number of hydrogen-bond acceptors (Lipinski definition) is 5. The van der Waals surface area contributed by atoms with E-state index in [1.165, 1.54) is 69.5 Å². The van der Waals surface area contributed by atoms with Gasteiger partial charge in [-0.3, -0.25) is 4.79 Å². The van der Waals surface area contributed by atoms with Crippen LogP contribution in [0.25, 0.3) is 0 Å². The van der Waals surface area contributed by atoms with Crippen LogP contribution in [0, 0.1) is 0 Å². The van der Waals surface area contributed by atoms with Crippen LogP contribution >= 0.6 is 35.7 Å². The fourth-order valence-corrected chi connectivity index (χ4v) is 5.63. The van der Waals surface area contributed by atoms with Gasteiger partial charge >= 0.3 is 5.97 Å². The smallest absolute Gasteiger partial charge is 0.319 e. The standard InChI is InChI=1S/C19H36O3S3/c1-3-4-5-6-7-8-9-10-11-12-16-24-18(23)25-19(2,17(21)22)14-13-15-20/h20H,3-16H2,1-2H3,(H,21,22). The zero-order chi connectivity index (χ0) is 19.0. The van der Waals surface area contributed by atoms with Crippen molar-refractivity contribution in [3.63, 3.8) is 0 Å². The van der Waals surface area contributed by atoms with E-state index in [0.717, 1.165) is 12.2 Å². The molecule has 0 rings (SSSR count). The highest BCUT2D eigenvalue weighted by Crippen LogP contribution is 2.35. The van der Waals surface area contributed by atoms with E-state index in [2.05, 4.69) is 6.92 Å². The second kappa shape index (κ2) is 16.4. The van der Waals surface area contributed by atoms with Crippen molar-refractivity contribution in [3.8, 4) is 0 Å². The van der Waals surface area contributed by atoms with Gasteiger partial charge in [-0.2, -0.15) is 0 Å². The summed E-state index contributed by atoms with van der Waals surface area (Å²) in [5.74, 6) is 0.116. The van der Waals surface area contributed by atoms with Gasteiger partial charge in [-0.1, -0.05) is 88.7 Å². The van der Waals surface area contributed by atoms with Gasteiger partial charge < -0.3 is 10.2 Å². The maximum absolute atomic E-state index is 11.5. The molecular formula is C19H36O3S3. The molecule has 0 aromatic carbocycles. The molecule has 1 unspecified atom stereocenters. The normalized spacial score (nSPS) is 13.6. The molecule has 148 valence electrons. The van der Waals surface area contributed by atoms with Crippen molar-refractivity contribution in [3.05, 3.63) is 0 Å². The topological polar surface area (TPSA) is 57.5 Å². The fraction of sp³-hybridized carbons (Fsp3) is 0.895. The molecule has 0 spiro atoms. The predicted molar refractivity (Wildman–Crippen MR) is 117 cm³/mol. The van der Waals surface area contributed by atoms with Gasteiger partial charge in [0.25, 0.3) is 0 Å². The Balaban J connectivity index is 3.67. The highest BCUT2D eigenvalue weighted by Gasteiger charge is 2.34. The van der Waals surface area contributed by atoms with Crippen LogP contribution in [0.1, 0.15) is 90.9 Å². The Kier molecular flexibility index (Phi) is 16.5. The van der Waals surface area contributed by atoms with Crippen molar-refractivity contribution in [1.82, 2.24) is 0 Å². The summed E-state index contributed by atoms with van der Waals surface area (Å²) >= 11 is 8.20. The van der Waals surface area contributed by atoms with E-state index in [1.807, 2.05) is 0 Å². The number of aliphatic carboxylic acids is 1. The third kappa shape index (κ3) is 14.0. The second-order valence-corrected chi connectivity index (χ2v) is 10.5. The van der Waals surface area contributed by atoms with Crippen molar-refractivity contribution >= 4 is 45.2 Å². The van der Waals surface area contributed by atoms with Crippen LogP contribution in [0.2, 0.25) is 0 Å². The molecule has 3 nitrogen and oxygen atoms in total. The lowest BCUT2D eigenvalue weighted by Crippen LogP contribution is -2.32. The average molecular weight is 409 g/mol. The molecule has 0 saturated heterocycles. The number of thioether (sulfide) groups is 2. The van der Waals surface area contributed by atoms with Gasteiger partial charge in [-0.05, 0) is 31.9 Å². The van der Waals surface area contributed by atoms with Crippen molar-refractivity contribution in [2.75, 3.05) is 12.4 Å². The van der Waals surface area contributed by atoms with E-state index in [0.29, 0.717) is 16.4 Å². The summed E-state index contributed by atoms with van der Waals surface area (Å²) in [6.07, 6.45) is 14.1. The van der Waals surface area contributed by atoms with Crippen LogP contribution in [0.5, 0.6) is 0 Å². The molecule has 0 heterocycles. The van der Waals surface area contributed by atoms with Crippen molar-refractivity contribution in [2.45, 2.75) is 95.6 Å². The van der Waals surface area contributed by atoms with E-state index in [4.69, 9.17) is 17.3 Å². The Labute approximate surface area is 168 Å². The molecule has 0 amide bonds. The molecule has 0 radical (unpaired) electrons. The highest BCUT2D eigenvalue weighted by atomic mass is 32.2. The second-order valence-electron chi connectivity index (χ2n) is 6.75. The van der Waals surface area contributed by atoms with E-state index in [9.17, 15) is 9.90 Å². The van der Waals surface area contributed by atoms with Gasteiger partial charge in [-0.25, -0.2) is 0 Å². The Bertz CT molecular complexity index is 364. The first-order valence-corrected chi connectivity index (χ1v) is 11.9. The van der Waals surface area contributed by atoms with E-state index < -0.39 is 10.7 Å². The number of carbonyl (C=O) groups is 1. The van der Waals surface area contributed by atoms with Gasteiger partial charge in [-0.15, -0.1) is 11.8 Å². The molecule has 0 aliphatic heterocycles. The summed E-state index contributed by atoms with van der Waals surface area (Å²) < 4.78 is -0.219. The number of aliphatic hydroxyl groups excluding tert-OH is 1. The number of aliphatic hydroxyl groups is 1. The first kappa shape index (κ1) is 25.2. The monoisotopic (exact) mass is 408 g/mol. The van der Waals surface area contributed by atoms with E-state index >= 15 is 0 Å². The van der Waals surface area contributed by atoms with Crippen LogP contribution < -0.4 is 0 Å². The van der Waals surface area contributed by atoms with Gasteiger partial charge in [0.2, 0.25) is 0 Å². The first-order chi connectivity index (χ1) is 12.0. The molecule has 0 aromatic rings. The SMILES string of the molecule is CCCCCCCCCCCCSC(=S)SC(C)(CCCO)C(=O)O. The van der Waals surface area contributed by atoms with Gasteiger partial charge in [0, 0.05) is 6.61 Å².